The Morgan fingerprint density at radius 1 is 1.67 bits per heavy atom. The van der Waals surface area contributed by atoms with Crippen molar-refractivity contribution < 1.29 is 14.2 Å². The Bertz CT molecular complexity index is 639. The predicted octanol–water partition coefficient (Wildman–Crippen LogP) is -0.129. The molecule has 3 heterocycles. The third-order valence-corrected chi connectivity index (χ3v) is 3.03. The fourth-order valence-corrected chi connectivity index (χ4v) is 2.11. The molecule has 0 amide bonds. The number of ether oxygens (including phenoxy) is 1. The molecule has 0 radical (unpaired) electrons. The van der Waals surface area contributed by atoms with Gasteiger partial charge in [0.05, 0.1) is 19.0 Å². The van der Waals surface area contributed by atoms with E-state index in [1.807, 2.05) is 0 Å². The lowest BCUT2D eigenvalue weighted by Crippen LogP contribution is -2.29. The molecule has 2 aromatic heterocycles. The zero-order valence-corrected chi connectivity index (χ0v) is 9.34. The Balaban J connectivity index is 2.10. The lowest BCUT2D eigenvalue weighted by molar-refractivity contribution is -0.199. The zero-order valence-electron chi connectivity index (χ0n) is 9.34. The largest absolute Gasteiger partial charge is 0.394 e. The van der Waals surface area contributed by atoms with Crippen molar-refractivity contribution in [3.8, 4) is 0 Å². The molecule has 3 rings (SSSR count). The van der Waals surface area contributed by atoms with Gasteiger partial charge in [-0.05, 0) is 6.42 Å². The van der Waals surface area contributed by atoms with Gasteiger partial charge in [0.2, 0.25) is 0 Å². The Morgan fingerprint density at radius 2 is 2.50 bits per heavy atom. The van der Waals surface area contributed by atoms with Gasteiger partial charge < -0.3 is 14.8 Å². The quantitative estimate of drug-likeness (QED) is 0.778. The van der Waals surface area contributed by atoms with Gasteiger partial charge in [-0.3, -0.25) is 9.36 Å². The van der Waals surface area contributed by atoms with Gasteiger partial charge in [-0.25, -0.2) is 9.97 Å². The van der Waals surface area contributed by atoms with Crippen molar-refractivity contribution in [1.29, 1.82) is 0 Å². The maximum Gasteiger partial charge on any atom is 0.296 e. The molecule has 1 aliphatic rings. The van der Waals surface area contributed by atoms with Crippen LogP contribution in [-0.2, 0) is 10.7 Å². The topological polar surface area (TPSA) is 93.0 Å². The molecule has 2 atom stereocenters. The molecule has 2 aromatic rings. The third kappa shape index (κ3) is 1.53. The summed E-state index contributed by atoms with van der Waals surface area (Å²) in [7, 11) is 0. The molecule has 96 valence electrons. The number of fused-ring (bicyclic) bond motifs is 1. The number of hydrogen-bond donors (Lipinski definition) is 2. The van der Waals surface area contributed by atoms with E-state index in [-0.39, 0.29) is 24.2 Å². The lowest BCUT2D eigenvalue weighted by Gasteiger charge is -2.21. The summed E-state index contributed by atoms with van der Waals surface area (Å²) in [6, 6.07) is 0. The Morgan fingerprint density at radius 3 is 3.22 bits per heavy atom. The fourth-order valence-electron chi connectivity index (χ4n) is 2.11. The summed E-state index contributed by atoms with van der Waals surface area (Å²) in [5.74, 6) is -2.11. The molecule has 0 unspecified atom stereocenters. The number of H-pyrrole nitrogens is 1. The predicted molar refractivity (Wildman–Crippen MR) is 58.4 cm³/mol. The Kier molecular flexibility index (Phi) is 2.42. The van der Waals surface area contributed by atoms with Crippen LogP contribution in [0.2, 0.25) is 0 Å². The van der Waals surface area contributed by atoms with Crippen molar-refractivity contribution in [2.24, 2.45) is 0 Å². The molecule has 7 nitrogen and oxygen atoms in total. The molecule has 1 fully saturated rings. The first-order chi connectivity index (χ1) is 8.64. The number of halogens is 1. The molecule has 18 heavy (non-hydrogen) atoms. The highest BCUT2D eigenvalue weighted by molar-refractivity contribution is 5.68. The first kappa shape index (κ1) is 11.3. The summed E-state index contributed by atoms with van der Waals surface area (Å²) in [6.45, 7) is -0.244. The van der Waals surface area contributed by atoms with Crippen LogP contribution in [0.1, 0.15) is 12.8 Å². The van der Waals surface area contributed by atoms with Crippen LogP contribution in [0.15, 0.2) is 17.4 Å². The first-order valence-electron chi connectivity index (χ1n) is 5.53. The molecule has 1 aliphatic heterocycles. The van der Waals surface area contributed by atoms with Crippen molar-refractivity contribution in [2.45, 2.75) is 24.9 Å². The van der Waals surface area contributed by atoms with Gasteiger partial charge in [-0.2, -0.15) is 4.39 Å². The second-order valence-electron chi connectivity index (χ2n) is 4.17. The number of alkyl halides is 1. The molecule has 0 aromatic carbocycles. The van der Waals surface area contributed by atoms with Crippen molar-refractivity contribution in [1.82, 2.24) is 19.5 Å². The first-order valence-corrected chi connectivity index (χ1v) is 5.53. The highest BCUT2D eigenvalue weighted by atomic mass is 19.2. The summed E-state index contributed by atoms with van der Waals surface area (Å²) in [6.07, 6.45) is 2.31. The van der Waals surface area contributed by atoms with Gasteiger partial charge in [0, 0.05) is 6.42 Å². The van der Waals surface area contributed by atoms with Gasteiger partial charge in [0.1, 0.15) is 6.33 Å². The van der Waals surface area contributed by atoms with Crippen LogP contribution < -0.4 is 5.56 Å². The van der Waals surface area contributed by atoms with E-state index >= 15 is 0 Å². The molecule has 0 saturated carbocycles. The molecule has 1 saturated heterocycles. The lowest BCUT2D eigenvalue weighted by atomic mass is 10.2. The van der Waals surface area contributed by atoms with Crippen LogP contribution in [0.25, 0.3) is 11.2 Å². The van der Waals surface area contributed by atoms with Gasteiger partial charge >= 0.3 is 0 Å². The molecule has 0 spiro atoms. The van der Waals surface area contributed by atoms with E-state index in [0.29, 0.717) is 6.42 Å². The number of aromatic amines is 1. The highest BCUT2D eigenvalue weighted by Crippen LogP contribution is 2.37. The van der Waals surface area contributed by atoms with Crippen LogP contribution in [0.3, 0.4) is 0 Å². The van der Waals surface area contributed by atoms with Crippen LogP contribution in [0.4, 0.5) is 4.39 Å². The molecule has 8 heteroatoms. The van der Waals surface area contributed by atoms with E-state index < -0.39 is 17.6 Å². The van der Waals surface area contributed by atoms with Gasteiger partial charge in [-0.1, -0.05) is 0 Å². The van der Waals surface area contributed by atoms with Gasteiger partial charge in [-0.15, -0.1) is 0 Å². The monoisotopic (exact) mass is 254 g/mol. The molecular weight excluding hydrogens is 243 g/mol. The minimum Gasteiger partial charge on any atom is -0.394 e. The summed E-state index contributed by atoms with van der Waals surface area (Å²) < 4.78 is 20.8. The van der Waals surface area contributed by atoms with Crippen molar-refractivity contribution in [3.63, 3.8) is 0 Å². The van der Waals surface area contributed by atoms with E-state index in [9.17, 15) is 9.18 Å². The number of aliphatic hydroxyl groups is 1. The summed E-state index contributed by atoms with van der Waals surface area (Å²) in [5.41, 5.74) is -0.246. The highest BCUT2D eigenvalue weighted by Gasteiger charge is 2.43. The Hall–Kier alpha value is -1.80. The average Bonchev–Trinajstić information content (AvgIpc) is 2.94. The van der Waals surface area contributed by atoms with E-state index in [1.54, 1.807) is 0 Å². The normalized spacial score (nSPS) is 28.0. The maximum atomic E-state index is 14.6. The minimum atomic E-state index is -2.11. The number of nitrogens with one attached hydrogen (secondary N) is 1. The van der Waals surface area contributed by atoms with E-state index in [1.165, 1.54) is 12.7 Å². The number of imidazole rings is 1. The van der Waals surface area contributed by atoms with Crippen molar-refractivity contribution in [2.75, 3.05) is 6.61 Å². The Labute approximate surface area is 100 Å². The standard InChI is InChI=1S/C10H11FN4O3/c11-10(2-1-6(3-16)18-10)15-5-14-7-8(15)12-4-13-9(7)17/h4-6,16H,1-3H2,(H,12,13,17)/t6-,10-/m0/s1. The van der Waals surface area contributed by atoms with E-state index in [4.69, 9.17) is 9.84 Å². The van der Waals surface area contributed by atoms with E-state index in [0.717, 1.165) is 4.57 Å². The van der Waals surface area contributed by atoms with Gasteiger partial charge in [0.25, 0.3) is 11.5 Å². The SMILES string of the molecule is O=c1[nH]cnc2c1ncn2[C@@]1(F)CC[C@@H](CO)O1. The van der Waals surface area contributed by atoms with E-state index in [2.05, 4.69) is 15.0 Å². The third-order valence-electron chi connectivity index (χ3n) is 3.03. The number of aliphatic hydroxyl groups excluding tert-OH is 1. The van der Waals surface area contributed by atoms with Crippen molar-refractivity contribution in [3.05, 3.63) is 23.0 Å². The van der Waals surface area contributed by atoms with Crippen LogP contribution in [0.5, 0.6) is 0 Å². The molecule has 0 bridgehead atoms. The molecule has 2 N–H and O–H groups in total. The number of rotatable bonds is 2. The smallest absolute Gasteiger partial charge is 0.296 e. The molecular formula is C10H11FN4O3. The molecule has 0 aliphatic carbocycles. The number of hydrogen-bond acceptors (Lipinski definition) is 5. The fraction of sp³-hybridized carbons (Fsp3) is 0.500. The van der Waals surface area contributed by atoms with Crippen LogP contribution in [0, 0.1) is 0 Å². The number of aromatic nitrogens is 4. The summed E-state index contributed by atoms with van der Waals surface area (Å²) >= 11 is 0. The zero-order chi connectivity index (χ0) is 12.8. The van der Waals surface area contributed by atoms with Crippen molar-refractivity contribution >= 4 is 11.2 Å². The second kappa shape index (κ2) is 3.85. The maximum absolute atomic E-state index is 14.6. The van der Waals surface area contributed by atoms with Gasteiger partial charge in [0.15, 0.2) is 11.2 Å². The summed E-state index contributed by atoms with van der Waals surface area (Å²) in [5, 5.41) is 8.97. The average molecular weight is 254 g/mol. The number of nitrogens with zero attached hydrogens (tertiary/aromatic N) is 3. The van der Waals surface area contributed by atoms with Crippen LogP contribution in [-0.4, -0.2) is 37.3 Å². The second-order valence-corrected chi connectivity index (χ2v) is 4.17. The summed E-state index contributed by atoms with van der Waals surface area (Å²) in [4.78, 5) is 21.6. The van der Waals surface area contributed by atoms with Crippen LogP contribution >= 0.6 is 0 Å². The minimum absolute atomic E-state index is 0.0607.